The van der Waals surface area contributed by atoms with E-state index in [4.69, 9.17) is 4.74 Å². The highest BCUT2D eigenvalue weighted by molar-refractivity contribution is 5.78. The molecule has 0 spiro atoms. The fourth-order valence-electron chi connectivity index (χ4n) is 1.69. The number of methoxy groups -OCH3 is 1. The maximum absolute atomic E-state index is 5.44. The Morgan fingerprint density at radius 3 is 2.72 bits per heavy atom. The van der Waals surface area contributed by atoms with Crippen molar-refractivity contribution in [3.8, 4) is 0 Å². The maximum atomic E-state index is 5.44. The molecule has 0 saturated heterocycles. The van der Waals surface area contributed by atoms with E-state index in [2.05, 4.69) is 9.98 Å². The van der Waals surface area contributed by atoms with E-state index in [0.717, 1.165) is 11.1 Å². The average Bonchev–Trinajstić information content (AvgIpc) is 2.46. The van der Waals surface area contributed by atoms with Crippen molar-refractivity contribution in [3.63, 3.8) is 0 Å². The Morgan fingerprint density at radius 1 is 1.22 bits per heavy atom. The van der Waals surface area contributed by atoms with Crippen LogP contribution in [0, 0.1) is 0 Å². The molecule has 0 amide bonds. The van der Waals surface area contributed by atoms with Crippen molar-refractivity contribution in [2.75, 3.05) is 13.7 Å². The number of benzene rings is 1. The normalized spacial score (nSPS) is 12.7. The largest absolute Gasteiger partial charge is 0.375 e. The lowest BCUT2D eigenvalue weighted by Crippen LogP contribution is -2.05. The van der Waals surface area contributed by atoms with Crippen molar-refractivity contribution in [2.24, 2.45) is 4.99 Å². The van der Waals surface area contributed by atoms with Crippen LogP contribution >= 0.6 is 0 Å². The van der Waals surface area contributed by atoms with E-state index in [1.54, 1.807) is 19.5 Å². The van der Waals surface area contributed by atoms with Crippen molar-refractivity contribution in [3.05, 3.63) is 66.0 Å². The predicted molar refractivity (Wildman–Crippen MR) is 72.9 cm³/mol. The molecular weight excluding hydrogens is 224 g/mol. The fraction of sp³-hybridized carbons (Fsp3) is 0.200. The predicted octanol–water partition coefficient (Wildman–Crippen LogP) is 2.89. The van der Waals surface area contributed by atoms with Gasteiger partial charge in [0.1, 0.15) is 6.10 Å². The first kappa shape index (κ1) is 12.5. The molecule has 0 aliphatic rings. The van der Waals surface area contributed by atoms with Crippen LogP contribution in [-0.4, -0.2) is 24.9 Å². The number of aromatic nitrogens is 1. The molecule has 0 bridgehead atoms. The molecule has 1 aromatic carbocycles. The third kappa shape index (κ3) is 3.50. The van der Waals surface area contributed by atoms with Crippen molar-refractivity contribution in [1.82, 2.24) is 4.98 Å². The first-order valence-electron chi connectivity index (χ1n) is 5.88. The molecule has 0 N–H and O–H groups in total. The minimum absolute atomic E-state index is 0.000813. The second-order valence-corrected chi connectivity index (χ2v) is 3.92. The third-order valence-corrected chi connectivity index (χ3v) is 2.65. The van der Waals surface area contributed by atoms with E-state index < -0.39 is 0 Å². The van der Waals surface area contributed by atoms with Gasteiger partial charge in [-0.25, -0.2) is 0 Å². The summed E-state index contributed by atoms with van der Waals surface area (Å²) in [5.41, 5.74) is 2.14. The number of aliphatic imine (C=N–C) groups is 1. The molecule has 92 valence electrons. The zero-order valence-electron chi connectivity index (χ0n) is 10.4. The Morgan fingerprint density at radius 2 is 2.06 bits per heavy atom. The van der Waals surface area contributed by atoms with Gasteiger partial charge < -0.3 is 4.74 Å². The summed E-state index contributed by atoms with van der Waals surface area (Å²) in [6.45, 7) is 0.607. The van der Waals surface area contributed by atoms with Gasteiger partial charge in [-0.2, -0.15) is 0 Å². The lowest BCUT2D eigenvalue weighted by atomic mass is 10.1. The molecule has 0 saturated carbocycles. The fourth-order valence-corrected chi connectivity index (χ4v) is 1.69. The van der Waals surface area contributed by atoms with Gasteiger partial charge in [-0.05, 0) is 11.6 Å². The minimum atomic E-state index is -0.000813. The smallest absolute Gasteiger partial charge is 0.102 e. The summed E-state index contributed by atoms with van der Waals surface area (Å²) in [5.74, 6) is 0. The quantitative estimate of drug-likeness (QED) is 0.753. The van der Waals surface area contributed by atoms with Crippen LogP contribution in [0.15, 0.2) is 59.9 Å². The molecule has 0 fully saturated rings. The first-order chi connectivity index (χ1) is 8.90. The number of hydrogen-bond acceptors (Lipinski definition) is 3. The van der Waals surface area contributed by atoms with Gasteiger partial charge in [0.25, 0.3) is 0 Å². The van der Waals surface area contributed by atoms with Crippen molar-refractivity contribution in [1.29, 1.82) is 0 Å². The molecule has 0 aliphatic carbocycles. The van der Waals surface area contributed by atoms with Gasteiger partial charge in [0.15, 0.2) is 0 Å². The molecule has 3 nitrogen and oxygen atoms in total. The average molecular weight is 240 g/mol. The van der Waals surface area contributed by atoms with Gasteiger partial charge in [0.2, 0.25) is 0 Å². The highest BCUT2D eigenvalue weighted by Gasteiger charge is 2.07. The monoisotopic (exact) mass is 240 g/mol. The molecule has 2 rings (SSSR count). The van der Waals surface area contributed by atoms with Crippen LogP contribution in [0.5, 0.6) is 0 Å². The van der Waals surface area contributed by atoms with Crippen LogP contribution in [0.25, 0.3) is 0 Å². The Bertz CT molecular complexity index is 482. The Balaban J connectivity index is 1.98. The highest BCUT2D eigenvalue weighted by Crippen LogP contribution is 2.16. The van der Waals surface area contributed by atoms with E-state index in [1.807, 2.05) is 48.7 Å². The number of hydrogen-bond donors (Lipinski definition) is 0. The van der Waals surface area contributed by atoms with E-state index in [1.165, 1.54) is 0 Å². The minimum Gasteiger partial charge on any atom is -0.375 e. The molecule has 0 radical (unpaired) electrons. The maximum Gasteiger partial charge on any atom is 0.102 e. The van der Waals surface area contributed by atoms with Crippen LogP contribution in [-0.2, 0) is 4.74 Å². The van der Waals surface area contributed by atoms with E-state index in [-0.39, 0.29) is 6.10 Å². The van der Waals surface area contributed by atoms with Crippen LogP contribution in [0.4, 0.5) is 0 Å². The van der Waals surface area contributed by atoms with Crippen LogP contribution < -0.4 is 0 Å². The number of nitrogens with zero attached hydrogens (tertiary/aromatic N) is 2. The molecule has 1 aromatic heterocycles. The third-order valence-electron chi connectivity index (χ3n) is 2.65. The molecule has 1 unspecified atom stereocenters. The van der Waals surface area contributed by atoms with Crippen LogP contribution in [0.2, 0.25) is 0 Å². The SMILES string of the molecule is COC(CN=Cc1cccnc1)c1ccccc1. The number of rotatable bonds is 5. The number of ether oxygens (including phenoxy) is 1. The van der Waals surface area contributed by atoms with Gasteiger partial charge in [-0.15, -0.1) is 0 Å². The molecule has 0 aliphatic heterocycles. The highest BCUT2D eigenvalue weighted by atomic mass is 16.5. The lowest BCUT2D eigenvalue weighted by molar-refractivity contribution is 0.111. The summed E-state index contributed by atoms with van der Waals surface area (Å²) in [6, 6.07) is 14.0. The first-order valence-corrected chi connectivity index (χ1v) is 5.88. The second-order valence-electron chi connectivity index (χ2n) is 3.92. The summed E-state index contributed by atoms with van der Waals surface area (Å²) in [4.78, 5) is 8.44. The van der Waals surface area contributed by atoms with E-state index in [0.29, 0.717) is 6.54 Å². The van der Waals surface area contributed by atoms with Crippen LogP contribution in [0.3, 0.4) is 0 Å². The van der Waals surface area contributed by atoms with Crippen molar-refractivity contribution >= 4 is 6.21 Å². The zero-order chi connectivity index (χ0) is 12.6. The summed E-state index contributed by atoms with van der Waals surface area (Å²) < 4.78 is 5.44. The van der Waals surface area contributed by atoms with Gasteiger partial charge in [0.05, 0.1) is 6.54 Å². The van der Waals surface area contributed by atoms with E-state index in [9.17, 15) is 0 Å². The van der Waals surface area contributed by atoms with E-state index >= 15 is 0 Å². The van der Waals surface area contributed by atoms with Crippen molar-refractivity contribution < 1.29 is 4.74 Å². The topological polar surface area (TPSA) is 34.5 Å². The summed E-state index contributed by atoms with van der Waals surface area (Å²) in [7, 11) is 1.71. The van der Waals surface area contributed by atoms with Gasteiger partial charge in [-0.1, -0.05) is 36.4 Å². The molecule has 1 atom stereocenters. The Labute approximate surface area is 107 Å². The second kappa shape index (κ2) is 6.67. The van der Waals surface area contributed by atoms with Crippen molar-refractivity contribution in [2.45, 2.75) is 6.10 Å². The molecular formula is C15H16N2O. The summed E-state index contributed by atoms with van der Waals surface area (Å²) >= 11 is 0. The summed E-state index contributed by atoms with van der Waals surface area (Å²) in [6.07, 6.45) is 5.36. The zero-order valence-corrected chi connectivity index (χ0v) is 10.4. The Hall–Kier alpha value is -2.00. The number of pyridine rings is 1. The van der Waals surface area contributed by atoms with Crippen LogP contribution in [0.1, 0.15) is 17.2 Å². The standard InChI is InChI=1S/C15H16N2O/c1-18-15(14-7-3-2-4-8-14)12-17-11-13-6-5-9-16-10-13/h2-11,15H,12H2,1H3. The Kier molecular flexibility index (Phi) is 4.61. The summed E-state index contributed by atoms with van der Waals surface area (Å²) in [5, 5.41) is 0. The molecule has 3 heteroatoms. The van der Waals surface area contributed by atoms with Gasteiger partial charge in [-0.3, -0.25) is 9.98 Å². The molecule has 2 aromatic rings. The molecule has 1 heterocycles. The lowest BCUT2D eigenvalue weighted by Gasteiger charge is -2.12. The van der Waals surface area contributed by atoms with Gasteiger partial charge >= 0.3 is 0 Å². The molecule has 18 heavy (non-hydrogen) atoms. The van der Waals surface area contributed by atoms with Gasteiger partial charge in [0, 0.05) is 31.3 Å².